The largest absolute Gasteiger partial charge is 0.478 e. The van der Waals surface area contributed by atoms with Crippen LogP contribution in [-0.4, -0.2) is 50.9 Å². The van der Waals surface area contributed by atoms with Crippen molar-refractivity contribution >= 4 is 22.9 Å². The fraction of sp³-hybridized carbons (Fsp3) is 0.125. The Labute approximate surface area is 131 Å². The highest BCUT2D eigenvalue weighted by atomic mass is 16.4. The first kappa shape index (κ1) is 14.7. The molecule has 2 N–H and O–H groups in total. The molecular weight excluding hydrogens is 296 g/mol. The lowest BCUT2D eigenvalue weighted by Crippen LogP contribution is -2.21. The summed E-state index contributed by atoms with van der Waals surface area (Å²) in [7, 11) is 3.37. The van der Waals surface area contributed by atoms with Crippen molar-refractivity contribution in [1.82, 2.24) is 19.9 Å². The topological polar surface area (TPSA) is 99.2 Å². The van der Waals surface area contributed by atoms with E-state index in [1.807, 2.05) is 0 Å². The minimum Gasteiger partial charge on any atom is -0.478 e. The molecule has 3 aromatic rings. The number of benzene rings is 1. The Bertz CT molecular complexity index is 897. The van der Waals surface area contributed by atoms with Crippen molar-refractivity contribution in [1.29, 1.82) is 0 Å². The van der Waals surface area contributed by atoms with E-state index in [0.717, 1.165) is 5.56 Å². The third-order valence-corrected chi connectivity index (χ3v) is 3.51. The van der Waals surface area contributed by atoms with Crippen LogP contribution in [-0.2, 0) is 0 Å². The summed E-state index contributed by atoms with van der Waals surface area (Å²) in [6.45, 7) is 0. The minimum atomic E-state index is -1.05. The predicted molar refractivity (Wildman–Crippen MR) is 84.3 cm³/mol. The molecule has 7 nitrogen and oxygen atoms in total. The lowest BCUT2D eigenvalue weighted by atomic mass is 10.0. The molecule has 7 heteroatoms. The zero-order valence-corrected chi connectivity index (χ0v) is 12.6. The average molecular weight is 310 g/mol. The smallest absolute Gasteiger partial charge is 0.338 e. The number of aromatic amines is 1. The van der Waals surface area contributed by atoms with Crippen LogP contribution in [0.5, 0.6) is 0 Å². The van der Waals surface area contributed by atoms with E-state index in [-0.39, 0.29) is 11.5 Å². The fourth-order valence-electron chi connectivity index (χ4n) is 2.38. The number of carboxylic acid groups (broad SMARTS) is 1. The third kappa shape index (κ3) is 2.52. The fourth-order valence-corrected chi connectivity index (χ4v) is 2.38. The van der Waals surface area contributed by atoms with Crippen molar-refractivity contribution in [3.05, 3.63) is 47.9 Å². The standard InChI is InChI=1S/C16H14N4O3/c1-20(2)15(21)10-5-3-9(4-6-10)13-12-11(16(22)23)7-17-14(12)19-8-18-13/h3-8H,1-2H3,(H,22,23)(H,17,18,19). The maximum atomic E-state index is 11.9. The maximum Gasteiger partial charge on any atom is 0.338 e. The molecular formula is C16H14N4O3. The van der Waals surface area contributed by atoms with Crippen LogP contribution in [0.3, 0.4) is 0 Å². The summed E-state index contributed by atoms with van der Waals surface area (Å²) in [5.41, 5.74) is 2.36. The number of aromatic nitrogens is 3. The van der Waals surface area contributed by atoms with Crippen molar-refractivity contribution in [2.75, 3.05) is 14.1 Å². The molecule has 3 rings (SSSR count). The highest BCUT2D eigenvalue weighted by Gasteiger charge is 2.17. The van der Waals surface area contributed by atoms with Gasteiger partial charge < -0.3 is 15.0 Å². The molecule has 0 aliphatic heterocycles. The second-order valence-corrected chi connectivity index (χ2v) is 5.23. The molecule has 2 aromatic heterocycles. The van der Waals surface area contributed by atoms with Crippen molar-refractivity contribution < 1.29 is 14.7 Å². The Morgan fingerprint density at radius 2 is 1.83 bits per heavy atom. The summed E-state index contributed by atoms with van der Waals surface area (Å²) in [6.07, 6.45) is 2.77. The first-order valence-corrected chi connectivity index (χ1v) is 6.86. The number of aromatic carboxylic acids is 1. The van der Waals surface area contributed by atoms with Crippen LogP contribution in [0.2, 0.25) is 0 Å². The molecule has 0 saturated carbocycles. The van der Waals surface area contributed by atoms with Gasteiger partial charge in [0.05, 0.1) is 16.6 Å². The molecule has 116 valence electrons. The van der Waals surface area contributed by atoms with Gasteiger partial charge in [0, 0.05) is 31.4 Å². The zero-order valence-electron chi connectivity index (χ0n) is 12.6. The second-order valence-electron chi connectivity index (χ2n) is 5.23. The van der Waals surface area contributed by atoms with E-state index >= 15 is 0 Å². The van der Waals surface area contributed by atoms with Gasteiger partial charge in [-0.15, -0.1) is 0 Å². The van der Waals surface area contributed by atoms with E-state index in [2.05, 4.69) is 15.0 Å². The van der Waals surface area contributed by atoms with Gasteiger partial charge in [0.15, 0.2) is 0 Å². The summed E-state index contributed by atoms with van der Waals surface area (Å²) >= 11 is 0. The van der Waals surface area contributed by atoms with Gasteiger partial charge >= 0.3 is 5.97 Å². The molecule has 0 spiro atoms. The van der Waals surface area contributed by atoms with E-state index in [0.29, 0.717) is 22.3 Å². The number of carboxylic acids is 1. The van der Waals surface area contributed by atoms with Gasteiger partial charge in [0.2, 0.25) is 0 Å². The van der Waals surface area contributed by atoms with Crippen molar-refractivity contribution in [3.8, 4) is 11.3 Å². The van der Waals surface area contributed by atoms with E-state index < -0.39 is 5.97 Å². The Hall–Kier alpha value is -3.22. The van der Waals surface area contributed by atoms with Crippen molar-refractivity contribution in [3.63, 3.8) is 0 Å². The van der Waals surface area contributed by atoms with Gasteiger partial charge in [0.1, 0.15) is 12.0 Å². The molecule has 1 amide bonds. The molecule has 2 heterocycles. The first-order chi connectivity index (χ1) is 11.0. The Morgan fingerprint density at radius 1 is 1.13 bits per heavy atom. The van der Waals surface area contributed by atoms with Crippen LogP contribution in [0.15, 0.2) is 36.8 Å². The molecule has 0 atom stereocenters. The molecule has 0 aliphatic carbocycles. The number of fused-ring (bicyclic) bond motifs is 1. The molecule has 0 unspecified atom stereocenters. The van der Waals surface area contributed by atoms with E-state index in [1.54, 1.807) is 38.4 Å². The van der Waals surface area contributed by atoms with E-state index in [4.69, 9.17) is 0 Å². The number of nitrogens with zero attached hydrogens (tertiary/aromatic N) is 3. The summed E-state index contributed by atoms with van der Waals surface area (Å²) in [5.74, 6) is -1.15. The zero-order chi connectivity index (χ0) is 16.6. The number of carbonyl (C=O) groups excluding carboxylic acids is 1. The van der Waals surface area contributed by atoms with Gasteiger partial charge in [-0.05, 0) is 12.1 Å². The Balaban J connectivity index is 2.12. The van der Waals surface area contributed by atoms with E-state index in [9.17, 15) is 14.7 Å². The van der Waals surface area contributed by atoms with Crippen LogP contribution in [0.1, 0.15) is 20.7 Å². The first-order valence-electron chi connectivity index (χ1n) is 6.86. The normalized spacial score (nSPS) is 10.7. The van der Waals surface area contributed by atoms with Crippen LogP contribution < -0.4 is 0 Å². The van der Waals surface area contributed by atoms with Crippen molar-refractivity contribution in [2.24, 2.45) is 0 Å². The molecule has 1 aromatic carbocycles. The number of hydrogen-bond donors (Lipinski definition) is 2. The molecule has 0 aliphatic rings. The van der Waals surface area contributed by atoms with Gasteiger partial charge in [0.25, 0.3) is 5.91 Å². The SMILES string of the molecule is CN(C)C(=O)c1ccc(-c2ncnc3[nH]cc(C(=O)O)c23)cc1. The molecule has 23 heavy (non-hydrogen) atoms. The van der Waals surface area contributed by atoms with Crippen LogP contribution >= 0.6 is 0 Å². The van der Waals surface area contributed by atoms with Crippen molar-refractivity contribution in [2.45, 2.75) is 0 Å². The Kier molecular flexibility index (Phi) is 3.53. The summed E-state index contributed by atoms with van der Waals surface area (Å²) in [4.78, 5) is 35.9. The van der Waals surface area contributed by atoms with Crippen LogP contribution in [0, 0.1) is 0 Å². The van der Waals surface area contributed by atoms with Gasteiger partial charge in [-0.25, -0.2) is 14.8 Å². The van der Waals surface area contributed by atoms with Gasteiger partial charge in [-0.1, -0.05) is 12.1 Å². The molecule has 0 bridgehead atoms. The molecule has 0 radical (unpaired) electrons. The number of amides is 1. The number of H-pyrrole nitrogens is 1. The lowest BCUT2D eigenvalue weighted by molar-refractivity contribution is 0.0698. The number of carbonyl (C=O) groups is 2. The lowest BCUT2D eigenvalue weighted by Gasteiger charge is -2.10. The maximum absolute atomic E-state index is 11.9. The van der Waals surface area contributed by atoms with Gasteiger partial charge in [-0.3, -0.25) is 4.79 Å². The monoisotopic (exact) mass is 310 g/mol. The quantitative estimate of drug-likeness (QED) is 0.771. The van der Waals surface area contributed by atoms with Crippen LogP contribution in [0.4, 0.5) is 0 Å². The summed E-state index contributed by atoms with van der Waals surface area (Å²) < 4.78 is 0. The second kappa shape index (κ2) is 5.53. The minimum absolute atomic E-state index is 0.0998. The summed E-state index contributed by atoms with van der Waals surface area (Å²) in [5, 5.41) is 9.75. The molecule has 0 saturated heterocycles. The number of hydrogen-bond acceptors (Lipinski definition) is 4. The number of rotatable bonds is 3. The highest BCUT2D eigenvalue weighted by Crippen LogP contribution is 2.28. The van der Waals surface area contributed by atoms with Gasteiger partial charge in [-0.2, -0.15) is 0 Å². The summed E-state index contributed by atoms with van der Waals surface area (Å²) in [6, 6.07) is 6.88. The Morgan fingerprint density at radius 3 is 2.43 bits per heavy atom. The van der Waals surface area contributed by atoms with Crippen LogP contribution in [0.25, 0.3) is 22.3 Å². The third-order valence-electron chi connectivity index (χ3n) is 3.51. The number of nitrogens with one attached hydrogen (secondary N) is 1. The molecule has 0 fully saturated rings. The predicted octanol–water partition coefficient (Wildman–Crippen LogP) is 2.02. The average Bonchev–Trinajstić information content (AvgIpc) is 2.98. The van der Waals surface area contributed by atoms with E-state index in [1.165, 1.54) is 17.4 Å². The highest BCUT2D eigenvalue weighted by molar-refractivity contribution is 6.07.